The van der Waals surface area contributed by atoms with Gasteiger partial charge in [-0.25, -0.2) is 0 Å². The Morgan fingerprint density at radius 3 is 2.32 bits per heavy atom. The van der Waals surface area contributed by atoms with E-state index in [9.17, 15) is 14.7 Å². The molecule has 0 spiro atoms. The van der Waals surface area contributed by atoms with E-state index in [1.807, 2.05) is 43.3 Å². The fraction of sp³-hybridized carbons (Fsp3) is 0.214. The number of aryl methyl sites for hydroxylation is 1. The fourth-order valence-corrected chi connectivity index (χ4v) is 4.11. The number of halogens is 1. The number of aliphatic hydroxyl groups is 1. The van der Waals surface area contributed by atoms with Crippen LogP contribution in [0.5, 0.6) is 5.75 Å². The Bertz CT molecular complexity index is 1250. The number of anilines is 1. The van der Waals surface area contributed by atoms with Gasteiger partial charge in [0.1, 0.15) is 11.5 Å². The van der Waals surface area contributed by atoms with Crippen molar-refractivity contribution < 1.29 is 19.4 Å². The molecule has 5 nitrogen and oxygen atoms in total. The Morgan fingerprint density at radius 2 is 1.71 bits per heavy atom. The predicted molar refractivity (Wildman–Crippen MR) is 134 cm³/mol. The Labute approximate surface area is 204 Å². The van der Waals surface area contributed by atoms with Crippen molar-refractivity contribution >= 4 is 34.7 Å². The topological polar surface area (TPSA) is 66.8 Å². The number of rotatable bonds is 6. The number of Topliss-reactive ketones (excluding diaryl/α,β-unsaturated/α-hetero) is 1. The zero-order chi connectivity index (χ0) is 24.4. The number of benzene rings is 3. The van der Waals surface area contributed by atoms with Crippen LogP contribution in [0.4, 0.5) is 5.69 Å². The third kappa shape index (κ3) is 4.70. The summed E-state index contributed by atoms with van der Waals surface area (Å²) in [4.78, 5) is 27.9. The summed E-state index contributed by atoms with van der Waals surface area (Å²) in [6, 6.07) is 20.4. The molecule has 0 aromatic heterocycles. The van der Waals surface area contributed by atoms with Crippen molar-refractivity contribution in [3.05, 3.63) is 100 Å². The number of hydrogen-bond donors (Lipinski definition) is 1. The first kappa shape index (κ1) is 23.6. The molecule has 1 aliphatic rings. The molecule has 1 unspecified atom stereocenters. The van der Waals surface area contributed by atoms with Gasteiger partial charge in [-0.2, -0.15) is 0 Å². The number of amides is 1. The highest BCUT2D eigenvalue weighted by Crippen LogP contribution is 2.42. The van der Waals surface area contributed by atoms with Crippen molar-refractivity contribution in [1.82, 2.24) is 0 Å². The monoisotopic (exact) mass is 475 g/mol. The molecular weight excluding hydrogens is 450 g/mol. The van der Waals surface area contributed by atoms with Crippen molar-refractivity contribution in [2.24, 2.45) is 5.92 Å². The molecule has 3 aromatic rings. The number of hydrogen-bond acceptors (Lipinski definition) is 4. The van der Waals surface area contributed by atoms with E-state index in [1.165, 1.54) is 4.90 Å². The van der Waals surface area contributed by atoms with Crippen molar-refractivity contribution in [3.8, 4) is 5.75 Å². The molecule has 174 valence electrons. The van der Waals surface area contributed by atoms with Gasteiger partial charge in [0.25, 0.3) is 11.7 Å². The Morgan fingerprint density at radius 1 is 1.03 bits per heavy atom. The molecular formula is C28H26ClNO4. The largest absolute Gasteiger partial charge is 0.507 e. The average molecular weight is 476 g/mol. The van der Waals surface area contributed by atoms with Gasteiger partial charge in [0.05, 0.1) is 18.2 Å². The number of ketones is 1. The molecule has 0 radical (unpaired) electrons. The second kappa shape index (κ2) is 9.74. The maximum Gasteiger partial charge on any atom is 0.300 e. The molecule has 1 amide bonds. The molecule has 1 N–H and O–H groups in total. The Kier molecular flexibility index (Phi) is 6.75. The van der Waals surface area contributed by atoms with Crippen molar-refractivity contribution in [2.45, 2.75) is 26.8 Å². The first-order chi connectivity index (χ1) is 16.3. The predicted octanol–water partition coefficient (Wildman–Crippen LogP) is 6.31. The summed E-state index contributed by atoms with van der Waals surface area (Å²) in [6.07, 6.45) is 0. The van der Waals surface area contributed by atoms with Crippen LogP contribution >= 0.6 is 11.6 Å². The molecule has 1 aliphatic heterocycles. The second-order valence-corrected chi connectivity index (χ2v) is 9.23. The lowest BCUT2D eigenvalue weighted by atomic mass is 9.95. The molecule has 1 fully saturated rings. The molecule has 0 aliphatic carbocycles. The van der Waals surface area contributed by atoms with E-state index < -0.39 is 17.7 Å². The fourth-order valence-electron chi connectivity index (χ4n) is 3.92. The van der Waals surface area contributed by atoms with Gasteiger partial charge in [-0.3, -0.25) is 14.5 Å². The van der Waals surface area contributed by atoms with Crippen LogP contribution in [-0.4, -0.2) is 23.4 Å². The zero-order valence-corrected chi connectivity index (χ0v) is 20.0. The van der Waals surface area contributed by atoms with E-state index in [-0.39, 0.29) is 11.3 Å². The van der Waals surface area contributed by atoms with Crippen molar-refractivity contribution in [2.75, 3.05) is 11.5 Å². The maximum absolute atomic E-state index is 13.2. The third-order valence-electron chi connectivity index (χ3n) is 5.63. The van der Waals surface area contributed by atoms with E-state index in [1.54, 1.807) is 36.4 Å². The van der Waals surface area contributed by atoms with Crippen LogP contribution in [0.15, 0.2) is 78.4 Å². The van der Waals surface area contributed by atoms with Crippen LogP contribution in [-0.2, 0) is 9.59 Å². The molecule has 0 saturated carbocycles. The van der Waals surface area contributed by atoms with E-state index in [2.05, 4.69) is 13.8 Å². The van der Waals surface area contributed by atoms with Crippen molar-refractivity contribution in [3.63, 3.8) is 0 Å². The molecule has 0 bridgehead atoms. The van der Waals surface area contributed by atoms with Crippen LogP contribution < -0.4 is 9.64 Å². The highest BCUT2D eigenvalue weighted by Gasteiger charge is 2.46. The molecule has 1 atom stereocenters. The van der Waals surface area contributed by atoms with Gasteiger partial charge >= 0.3 is 0 Å². The first-order valence-corrected chi connectivity index (χ1v) is 11.5. The van der Waals surface area contributed by atoms with E-state index in [4.69, 9.17) is 16.3 Å². The van der Waals surface area contributed by atoms with E-state index in [0.29, 0.717) is 40.1 Å². The lowest BCUT2D eigenvalue weighted by Gasteiger charge is -2.25. The van der Waals surface area contributed by atoms with Gasteiger partial charge < -0.3 is 9.84 Å². The summed E-state index contributed by atoms with van der Waals surface area (Å²) in [5, 5.41) is 11.6. The quantitative estimate of drug-likeness (QED) is 0.258. The van der Waals surface area contributed by atoms with E-state index in [0.717, 1.165) is 5.56 Å². The summed E-state index contributed by atoms with van der Waals surface area (Å²) in [7, 11) is 0. The van der Waals surface area contributed by atoms with E-state index >= 15 is 0 Å². The summed E-state index contributed by atoms with van der Waals surface area (Å²) in [5.41, 5.74) is 2.67. The Balaban J connectivity index is 1.84. The highest BCUT2D eigenvalue weighted by molar-refractivity contribution is 6.51. The molecule has 1 saturated heterocycles. The number of ether oxygens (including phenoxy) is 1. The smallest absolute Gasteiger partial charge is 0.300 e. The molecule has 34 heavy (non-hydrogen) atoms. The lowest BCUT2D eigenvalue weighted by Crippen LogP contribution is -2.29. The average Bonchev–Trinajstić information content (AvgIpc) is 3.08. The van der Waals surface area contributed by atoms with Crippen LogP contribution in [0, 0.1) is 12.8 Å². The van der Waals surface area contributed by atoms with Gasteiger partial charge in [0, 0.05) is 16.3 Å². The van der Waals surface area contributed by atoms with Crippen LogP contribution in [0.3, 0.4) is 0 Å². The maximum atomic E-state index is 13.2. The minimum absolute atomic E-state index is 0.0173. The summed E-state index contributed by atoms with van der Waals surface area (Å²) < 4.78 is 5.79. The third-order valence-corrected chi connectivity index (χ3v) is 5.87. The zero-order valence-electron chi connectivity index (χ0n) is 19.3. The normalized spacial score (nSPS) is 17.4. The molecule has 1 heterocycles. The molecule has 4 rings (SSSR count). The van der Waals surface area contributed by atoms with Gasteiger partial charge in [-0.15, -0.1) is 0 Å². The minimum atomic E-state index is -0.805. The van der Waals surface area contributed by atoms with Crippen LogP contribution in [0.2, 0.25) is 5.02 Å². The number of nitrogens with zero attached hydrogens (tertiary/aromatic N) is 1. The molecule has 3 aromatic carbocycles. The first-order valence-electron chi connectivity index (χ1n) is 11.1. The highest BCUT2D eigenvalue weighted by atomic mass is 35.5. The van der Waals surface area contributed by atoms with Gasteiger partial charge in [0.2, 0.25) is 0 Å². The van der Waals surface area contributed by atoms with Gasteiger partial charge in [0.15, 0.2) is 0 Å². The van der Waals surface area contributed by atoms with Crippen LogP contribution in [0.25, 0.3) is 5.76 Å². The van der Waals surface area contributed by atoms with Crippen LogP contribution in [0.1, 0.15) is 36.6 Å². The second-order valence-electron chi connectivity index (χ2n) is 8.79. The summed E-state index contributed by atoms with van der Waals surface area (Å²) in [5.74, 6) is -0.633. The van der Waals surface area contributed by atoms with Gasteiger partial charge in [-0.1, -0.05) is 67.4 Å². The standard InChI is InChI=1S/C28H26ClNO4/c1-17(2)16-34-23-13-9-19(10-14-23)25-24(26(31)20-5-4-6-21(29)15-20)27(32)28(33)30(25)22-11-7-18(3)8-12-22/h4-15,17,25,31H,16H2,1-3H3/b26-24-. The summed E-state index contributed by atoms with van der Waals surface area (Å²) in [6.45, 7) is 6.67. The number of carbonyl (C=O) groups excluding carboxylic acids is 2. The number of aliphatic hydroxyl groups excluding tert-OH is 1. The summed E-state index contributed by atoms with van der Waals surface area (Å²) >= 11 is 6.11. The SMILES string of the molecule is Cc1ccc(N2C(=O)C(=O)/C(=C(\O)c3cccc(Cl)c3)C2c2ccc(OCC(C)C)cc2)cc1. The molecule has 6 heteroatoms. The minimum Gasteiger partial charge on any atom is -0.507 e. The Hall–Kier alpha value is -3.57. The lowest BCUT2D eigenvalue weighted by molar-refractivity contribution is -0.132. The van der Waals surface area contributed by atoms with Crippen molar-refractivity contribution in [1.29, 1.82) is 0 Å². The van der Waals surface area contributed by atoms with Gasteiger partial charge in [-0.05, 0) is 54.8 Å². The number of carbonyl (C=O) groups is 2.